The van der Waals surface area contributed by atoms with Crippen LogP contribution in [0, 0.1) is 0 Å². The lowest BCUT2D eigenvalue weighted by atomic mass is 9.95. The Bertz CT molecular complexity index is 1810. The van der Waals surface area contributed by atoms with Crippen LogP contribution in [-0.2, 0) is 61.6 Å². The van der Waals surface area contributed by atoms with Crippen LogP contribution >= 0.6 is 0 Å². The minimum absolute atomic E-state index is 0.843. The molecule has 0 radical (unpaired) electrons. The van der Waals surface area contributed by atoms with E-state index in [2.05, 4.69) is 0 Å². The molecule has 7 rings (SSSR count). The maximum atomic E-state index is 11.3. The fraction of sp³-hybridized carbons (Fsp3) is 1.00. The Labute approximate surface area is 439 Å². The van der Waals surface area contributed by atoms with Crippen molar-refractivity contribution in [3.63, 3.8) is 0 Å². The lowest BCUT2D eigenvalue weighted by Crippen LogP contribution is -2.68. The van der Waals surface area contributed by atoms with Gasteiger partial charge < -0.3 is 179 Å². The van der Waals surface area contributed by atoms with Crippen LogP contribution in [0.25, 0.3) is 0 Å². The normalized spacial score (nSPS) is 53.5. The molecule has 0 aliphatic carbocycles. The summed E-state index contributed by atoms with van der Waals surface area (Å²) in [5.41, 5.74) is 0. The summed E-state index contributed by atoms with van der Waals surface area (Å²) in [6.07, 6.45) is -67.4. The van der Waals surface area contributed by atoms with Gasteiger partial charge in [0.05, 0.1) is 46.2 Å². The molecule has 7 aliphatic rings. The first-order valence-electron chi connectivity index (χ1n) is 24.7. The predicted molar refractivity (Wildman–Crippen MR) is 232 cm³/mol. The first-order valence-corrected chi connectivity index (χ1v) is 24.7. The maximum absolute atomic E-state index is 11.3. The Morgan fingerprint density at radius 2 is 0.372 bits per heavy atom. The highest BCUT2D eigenvalue weighted by molar-refractivity contribution is 5.01. The largest absolute Gasteiger partial charge is 0.394 e. The molecule has 36 heteroatoms. The van der Waals surface area contributed by atoms with E-state index in [1.54, 1.807) is 0 Å². The first kappa shape index (κ1) is 64.1. The van der Waals surface area contributed by atoms with Crippen molar-refractivity contribution in [2.75, 3.05) is 46.2 Å². The van der Waals surface area contributed by atoms with Crippen LogP contribution < -0.4 is 0 Å². The van der Waals surface area contributed by atoms with Crippen LogP contribution in [0.3, 0.4) is 0 Å². The number of aliphatic hydroxyl groups is 23. The zero-order chi connectivity index (χ0) is 57.3. The van der Waals surface area contributed by atoms with Gasteiger partial charge in [-0.05, 0) is 0 Å². The summed E-state index contributed by atoms with van der Waals surface area (Å²) < 4.78 is 71.9. The van der Waals surface area contributed by atoms with Crippen LogP contribution in [-0.4, -0.2) is 379 Å². The minimum atomic E-state index is -2.23. The minimum Gasteiger partial charge on any atom is -0.394 e. The molecule has 0 aromatic heterocycles. The Kier molecular flexibility index (Phi) is 22.6. The van der Waals surface area contributed by atoms with Gasteiger partial charge in [-0.3, -0.25) is 0 Å². The average molecular weight is 1150 g/mol. The first-order chi connectivity index (χ1) is 37.0. The molecule has 0 spiro atoms. The smallest absolute Gasteiger partial charge is 0.187 e. The molecule has 78 heavy (non-hydrogen) atoms. The van der Waals surface area contributed by atoms with Crippen LogP contribution in [0.4, 0.5) is 0 Å². The predicted octanol–water partition coefficient (Wildman–Crippen LogP) is -16.3. The Hall–Kier alpha value is -1.44. The standard InChI is InChI=1S/C42H72O36/c43-1-8-15(50)16(51)24(59)37(67-8)74-31-10(3-45)69-39(26(61)18(31)53)76-33-12(5-47)71-41(28(63)20(33)55)78-35-14(7-49)72-42(29(64)22(35)57)77-34-13(6-48)70-40(27(62)21(34)56)75-32-11(4-46)68-38(25(60)19(32)54)73-30-9(2-44)66-36(65)23(58)17(30)52/h8-65H,1-7H2/t8-,9-,10-,11-,12-,13-,14-,15-,16+,17-,18-,19-,20-,21-,22-,23+,24+,25+,26+,27+,28+,29+,30-,31-,32-,33-,34-,35-,36?,37+,38+,39+,40+,41+,42+/m1/s1. The molecule has 1 unspecified atom stereocenters. The van der Waals surface area contributed by atoms with Gasteiger partial charge in [0.15, 0.2) is 44.0 Å². The zero-order valence-corrected chi connectivity index (χ0v) is 40.8. The Balaban J connectivity index is 0.947. The molecule has 23 N–H and O–H groups in total. The molecule has 0 bridgehead atoms. The average Bonchev–Trinajstić information content (AvgIpc) is 3.44. The van der Waals surface area contributed by atoms with Gasteiger partial charge in [0.2, 0.25) is 0 Å². The summed E-state index contributed by atoms with van der Waals surface area (Å²) in [6.45, 7) is -6.86. The molecular weight excluding hydrogens is 1080 g/mol. The van der Waals surface area contributed by atoms with Gasteiger partial charge in [0.1, 0.15) is 171 Å². The molecule has 35 atom stereocenters. The van der Waals surface area contributed by atoms with Gasteiger partial charge in [0, 0.05) is 0 Å². The zero-order valence-electron chi connectivity index (χ0n) is 40.8. The van der Waals surface area contributed by atoms with Crippen molar-refractivity contribution in [1.82, 2.24) is 0 Å². The second-order valence-electron chi connectivity index (χ2n) is 19.6. The van der Waals surface area contributed by atoms with Gasteiger partial charge in [-0.2, -0.15) is 0 Å². The van der Waals surface area contributed by atoms with Gasteiger partial charge in [0.25, 0.3) is 0 Å². The summed E-state index contributed by atoms with van der Waals surface area (Å²) in [5.74, 6) is 0. The van der Waals surface area contributed by atoms with Crippen LogP contribution in [0.5, 0.6) is 0 Å². The van der Waals surface area contributed by atoms with E-state index in [0.717, 1.165) is 0 Å². The Morgan fingerprint density at radius 3 is 0.590 bits per heavy atom. The molecule has 7 heterocycles. The summed E-state index contributed by atoms with van der Waals surface area (Å²) in [7, 11) is 0. The van der Waals surface area contributed by atoms with Gasteiger partial charge in [-0.15, -0.1) is 0 Å². The van der Waals surface area contributed by atoms with E-state index < -0.39 is 261 Å². The number of hydrogen-bond acceptors (Lipinski definition) is 36. The second-order valence-corrected chi connectivity index (χ2v) is 19.6. The highest BCUT2D eigenvalue weighted by Crippen LogP contribution is 2.37. The van der Waals surface area contributed by atoms with E-state index in [4.69, 9.17) is 61.6 Å². The number of aliphatic hydroxyl groups excluding tert-OH is 23. The quantitative estimate of drug-likeness (QED) is 0.0571. The lowest BCUT2D eigenvalue weighted by molar-refractivity contribution is -0.398. The van der Waals surface area contributed by atoms with Crippen molar-refractivity contribution in [2.45, 2.75) is 215 Å². The van der Waals surface area contributed by atoms with E-state index in [9.17, 15) is 117 Å². The molecule has 456 valence electrons. The highest BCUT2D eigenvalue weighted by atomic mass is 16.8. The third-order valence-corrected chi connectivity index (χ3v) is 14.5. The monoisotopic (exact) mass is 1150 g/mol. The molecule has 7 fully saturated rings. The van der Waals surface area contributed by atoms with Gasteiger partial charge in [-0.1, -0.05) is 0 Å². The van der Waals surface area contributed by atoms with E-state index in [0.29, 0.717) is 0 Å². The number of ether oxygens (including phenoxy) is 13. The molecule has 0 aromatic carbocycles. The number of hydrogen-bond donors (Lipinski definition) is 23. The molecule has 0 aromatic rings. The fourth-order valence-corrected chi connectivity index (χ4v) is 10.0. The fourth-order valence-electron chi connectivity index (χ4n) is 10.0. The Morgan fingerprint density at radius 1 is 0.192 bits per heavy atom. The summed E-state index contributed by atoms with van der Waals surface area (Å²) in [4.78, 5) is 0. The van der Waals surface area contributed by atoms with Crippen molar-refractivity contribution in [3.05, 3.63) is 0 Å². The topological polar surface area (TPSA) is 585 Å². The van der Waals surface area contributed by atoms with Gasteiger partial charge >= 0.3 is 0 Å². The van der Waals surface area contributed by atoms with Crippen LogP contribution in [0.15, 0.2) is 0 Å². The molecule has 7 saturated heterocycles. The molecule has 0 amide bonds. The third-order valence-electron chi connectivity index (χ3n) is 14.5. The van der Waals surface area contributed by atoms with Crippen molar-refractivity contribution in [1.29, 1.82) is 0 Å². The molecule has 36 nitrogen and oxygen atoms in total. The van der Waals surface area contributed by atoms with E-state index in [1.165, 1.54) is 0 Å². The van der Waals surface area contributed by atoms with E-state index in [1.807, 2.05) is 0 Å². The summed E-state index contributed by atoms with van der Waals surface area (Å²) in [5, 5.41) is 243. The van der Waals surface area contributed by atoms with Crippen molar-refractivity contribution in [3.8, 4) is 0 Å². The van der Waals surface area contributed by atoms with E-state index in [-0.39, 0.29) is 0 Å². The second kappa shape index (κ2) is 27.5. The molecular formula is C42H72O36. The highest BCUT2D eigenvalue weighted by Gasteiger charge is 2.58. The number of rotatable bonds is 19. The van der Waals surface area contributed by atoms with Crippen LogP contribution in [0.2, 0.25) is 0 Å². The van der Waals surface area contributed by atoms with E-state index >= 15 is 0 Å². The summed E-state index contributed by atoms with van der Waals surface area (Å²) in [6, 6.07) is 0. The third kappa shape index (κ3) is 12.9. The SMILES string of the molecule is OC[C@H]1O[C@@H](O[C@H]2[C@H](O)[C@H](O)[C@H](O[C@H]3[C@H](O)[C@H](O)[C@H](O[C@H]4[C@H](O)[C@H](O)[C@H](O[C@H]5[C@H](O)[C@H](O)[C@H](O[C@H]6[C@H](O)[C@H](O)[C@H](O[C@H]7[C@H](O)[C@H](O)C(O)O[C@@H]7CO)O[C@@H]6CO)O[C@@H]5CO)O[C@@H]4CO)O[C@@H]3CO)O[C@@H]2CO)[C@@H](O)[C@@H](O)[C@@H]1O. The van der Waals surface area contributed by atoms with Gasteiger partial charge in [-0.25, -0.2) is 0 Å². The summed E-state index contributed by atoms with van der Waals surface area (Å²) >= 11 is 0. The lowest BCUT2D eigenvalue weighted by Gasteiger charge is -2.50. The molecule has 7 aliphatic heterocycles. The van der Waals surface area contributed by atoms with Crippen LogP contribution in [0.1, 0.15) is 0 Å². The van der Waals surface area contributed by atoms with Crippen molar-refractivity contribution >= 4 is 0 Å². The maximum Gasteiger partial charge on any atom is 0.187 e. The molecule has 0 saturated carbocycles. The van der Waals surface area contributed by atoms with Crippen molar-refractivity contribution < 1.29 is 179 Å². The van der Waals surface area contributed by atoms with Crippen molar-refractivity contribution in [2.24, 2.45) is 0 Å².